The van der Waals surface area contributed by atoms with E-state index in [1.807, 2.05) is 31.5 Å². The molecule has 224 valence electrons. The Balaban J connectivity index is 0.000000333. The second kappa shape index (κ2) is 13.9. The van der Waals surface area contributed by atoms with E-state index < -0.39 is 24.3 Å². The van der Waals surface area contributed by atoms with Crippen LogP contribution in [0.4, 0.5) is 26.3 Å². The summed E-state index contributed by atoms with van der Waals surface area (Å²) in [4.78, 5) is 26.9. The van der Waals surface area contributed by atoms with Gasteiger partial charge in [-0.3, -0.25) is 14.8 Å². The summed E-state index contributed by atoms with van der Waals surface area (Å²) in [6.45, 7) is 6.85. The zero-order chi connectivity index (χ0) is 30.1. The Morgan fingerprint density at radius 3 is 2.10 bits per heavy atom. The van der Waals surface area contributed by atoms with Gasteiger partial charge in [-0.1, -0.05) is 6.07 Å². The van der Waals surface area contributed by atoms with Crippen molar-refractivity contribution in [2.75, 3.05) is 26.7 Å². The maximum atomic E-state index is 10.6. The van der Waals surface area contributed by atoms with E-state index >= 15 is 0 Å². The van der Waals surface area contributed by atoms with Crippen molar-refractivity contribution in [1.29, 1.82) is 0 Å². The number of hydrogen-bond acceptors (Lipinski definition) is 7. The molecule has 4 rings (SSSR count). The summed E-state index contributed by atoms with van der Waals surface area (Å²) in [5, 5.41) is 14.2. The van der Waals surface area contributed by atoms with Gasteiger partial charge < -0.3 is 19.4 Å². The average Bonchev–Trinajstić information content (AvgIpc) is 3.47. The van der Waals surface area contributed by atoms with E-state index in [1.165, 1.54) is 5.56 Å². The molecule has 2 aromatic heterocycles. The monoisotopic (exact) mass is 583 g/mol. The Morgan fingerprint density at radius 1 is 1.07 bits per heavy atom. The molecule has 9 nitrogen and oxygen atoms in total. The zero-order valence-corrected chi connectivity index (χ0v) is 21.8. The van der Waals surface area contributed by atoms with E-state index in [1.54, 1.807) is 0 Å². The first-order valence-corrected chi connectivity index (χ1v) is 12.1. The molecular weight excluding hydrogens is 552 g/mol. The van der Waals surface area contributed by atoms with E-state index in [-0.39, 0.29) is 5.60 Å². The van der Waals surface area contributed by atoms with Crippen LogP contribution in [0.15, 0.2) is 41.1 Å². The number of nitrogens with zero attached hydrogens (tertiary/aromatic N) is 3. The van der Waals surface area contributed by atoms with Gasteiger partial charge in [0.25, 0.3) is 0 Å². The predicted octanol–water partition coefficient (Wildman–Crippen LogP) is 4.51. The first-order chi connectivity index (χ1) is 18.5. The topological polar surface area (TPSA) is 116 Å². The number of likely N-dealkylation sites (tertiary alicyclic amines) is 1. The molecule has 0 saturated carbocycles. The molecule has 0 aliphatic carbocycles. The minimum atomic E-state index is -5.08. The third-order valence-electron chi connectivity index (χ3n) is 6.40. The van der Waals surface area contributed by atoms with Crippen LogP contribution >= 0.6 is 0 Å². The molecule has 4 heterocycles. The van der Waals surface area contributed by atoms with Crippen LogP contribution in [0.2, 0.25) is 0 Å². The number of alkyl halides is 6. The molecule has 1 spiro atoms. The number of rotatable bonds is 5. The van der Waals surface area contributed by atoms with E-state index in [2.05, 4.69) is 34.0 Å². The van der Waals surface area contributed by atoms with Crippen LogP contribution in [0.3, 0.4) is 0 Å². The van der Waals surface area contributed by atoms with Gasteiger partial charge >= 0.3 is 24.3 Å². The zero-order valence-electron chi connectivity index (χ0n) is 21.8. The number of halogens is 6. The highest BCUT2D eigenvalue weighted by molar-refractivity contribution is 5.73. The third kappa shape index (κ3) is 10.8. The Kier molecular flexibility index (Phi) is 11.5. The Labute approximate surface area is 226 Å². The highest BCUT2D eigenvalue weighted by Gasteiger charge is 2.44. The number of hydrogen-bond donors (Lipinski definition) is 2. The highest BCUT2D eigenvalue weighted by Crippen LogP contribution is 2.38. The number of aryl methyl sites for hydroxylation is 1. The van der Waals surface area contributed by atoms with Crippen molar-refractivity contribution in [2.24, 2.45) is 0 Å². The number of ether oxygens (including phenoxy) is 1. The van der Waals surface area contributed by atoms with Crippen LogP contribution in [-0.2, 0) is 27.4 Å². The van der Waals surface area contributed by atoms with Crippen LogP contribution < -0.4 is 0 Å². The van der Waals surface area contributed by atoms with Crippen molar-refractivity contribution < 1.29 is 55.3 Å². The second-order valence-electron chi connectivity index (χ2n) is 9.52. The first kappa shape index (κ1) is 33.0. The van der Waals surface area contributed by atoms with Gasteiger partial charge in [0, 0.05) is 38.1 Å². The number of carboxylic acid groups (broad SMARTS) is 2. The number of pyridine rings is 1. The number of carbonyl (C=O) groups is 2. The highest BCUT2D eigenvalue weighted by atomic mass is 19.4. The van der Waals surface area contributed by atoms with Gasteiger partial charge in [-0.15, -0.1) is 0 Å². The summed E-state index contributed by atoms with van der Waals surface area (Å²) >= 11 is 0. The SMILES string of the molecule is Cc1ccc(CN2CCC3(CC2)CC(N(C)Cc2cccnc2)CO3)o1.O=C(O)C(F)(F)F.O=C(O)C(F)(F)F. The molecule has 2 aliphatic rings. The number of aromatic nitrogens is 1. The average molecular weight is 584 g/mol. The summed E-state index contributed by atoms with van der Waals surface area (Å²) in [6.07, 6.45) is -3.02. The van der Waals surface area contributed by atoms with Gasteiger partial charge in [0.15, 0.2) is 0 Å². The Hall–Kier alpha value is -3.17. The normalized spacial score (nSPS) is 19.0. The molecule has 2 fully saturated rings. The van der Waals surface area contributed by atoms with E-state index in [4.69, 9.17) is 29.0 Å². The molecule has 2 N–H and O–H groups in total. The van der Waals surface area contributed by atoms with Crippen LogP contribution in [0.25, 0.3) is 0 Å². The lowest BCUT2D eigenvalue weighted by molar-refractivity contribution is -0.193. The third-order valence-corrected chi connectivity index (χ3v) is 6.40. The molecule has 40 heavy (non-hydrogen) atoms. The lowest BCUT2D eigenvalue weighted by atomic mass is 9.87. The van der Waals surface area contributed by atoms with E-state index in [9.17, 15) is 26.3 Å². The molecule has 0 radical (unpaired) electrons. The summed E-state index contributed by atoms with van der Waals surface area (Å²) in [5.74, 6) is -3.45. The van der Waals surface area contributed by atoms with Gasteiger partial charge in [0.2, 0.25) is 0 Å². The molecule has 0 amide bonds. The molecule has 0 bridgehead atoms. The molecule has 2 saturated heterocycles. The Bertz CT molecular complexity index is 1060. The van der Waals surface area contributed by atoms with Gasteiger partial charge in [0.05, 0.1) is 18.8 Å². The van der Waals surface area contributed by atoms with Crippen molar-refractivity contribution >= 4 is 11.9 Å². The van der Waals surface area contributed by atoms with Crippen molar-refractivity contribution in [2.45, 2.75) is 63.3 Å². The standard InChI is InChI=1S/C21H29N3O2.2C2HF3O2/c1-17-5-6-20(26-17)15-24-10-7-21(8-11-24)12-19(16-25-21)23(2)14-18-4-3-9-22-13-18;2*3-2(4,5)1(6)7/h3-6,9,13,19H,7-8,10-12,14-16H2,1-2H3;2*(H,6,7). The molecule has 15 heteroatoms. The van der Waals surface area contributed by atoms with E-state index in [0.717, 1.165) is 63.6 Å². The number of furan rings is 1. The molecule has 2 aliphatic heterocycles. The minimum Gasteiger partial charge on any atom is -0.475 e. The van der Waals surface area contributed by atoms with Crippen LogP contribution in [-0.4, -0.2) is 87.7 Å². The minimum absolute atomic E-state index is 0.0729. The fraction of sp³-hybridized carbons (Fsp3) is 0.560. The van der Waals surface area contributed by atoms with Crippen molar-refractivity contribution in [1.82, 2.24) is 14.8 Å². The van der Waals surface area contributed by atoms with Gasteiger partial charge in [-0.25, -0.2) is 9.59 Å². The lowest BCUT2D eigenvalue weighted by Crippen LogP contribution is -2.44. The number of piperidine rings is 1. The second-order valence-corrected chi connectivity index (χ2v) is 9.52. The van der Waals surface area contributed by atoms with Gasteiger partial charge in [-0.2, -0.15) is 26.3 Å². The molecule has 0 aromatic carbocycles. The lowest BCUT2D eigenvalue weighted by Gasteiger charge is -2.38. The smallest absolute Gasteiger partial charge is 0.475 e. The maximum Gasteiger partial charge on any atom is 0.490 e. The first-order valence-electron chi connectivity index (χ1n) is 12.1. The number of likely N-dealkylation sites (N-methyl/N-ethyl adjacent to an activating group) is 1. The molecule has 1 atom stereocenters. The maximum absolute atomic E-state index is 10.6. The summed E-state index contributed by atoms with van der Waals surface area (Å²) in [6, 6.07) is 8.78. The van der Waals surface area contributed by atoms with Crippen LogP contribution in [0, 0.1) is 6.92 Å². The van der Waals surface area contributed by atoms with Crippen LogP contribution in [0.1, 0.15) is 36.3 Å². The predicted molar refractivity (Wildman–Crippen MR) is 128 cm³/mol. The van der Waals surface area contributed by atoms with Crippen molar-refractivity contribution in [3.63, 3.8) is 0 Å². The van der Waals surface area contributed by atoms with Gasteiger partial charge in [-0.05, 0) is 57.0 Å². The largest absolute Gasteiger partial charge is 0.490 e. The summed E-state index contributed by atoms with van der Waals surface area (Å²) in [7, 11) is 2.20. The summed E-state index contributed by atoms with van der Waals surface area (Å²) in [5.41, 5.74) is 1.34. The quantitative estimate of drug-likeness (QED) is 0.491. The van der Waals surface area contributed by atoms with Gasteiger partial charge in [0.1, 0.15) is 11.5 Å². The molecule has 2 aromatic rings. The van der Waals surface area contributed by atoms with Crippen molar-refractivity contribution in [3.8, 4) is 0 Å². The van der Waals surface area contributed by atoms with Crippen molar-refractivity contribution in [3.05, 3.63) is 53.7 Å². The van der Waals surface area contributed by atoms with E-state index in [0.29, 0.717) is 6.04 Å². The Morgan fingerprint density at radius 2 is 1.65 bits per heavy atom. The molecule has 1 unspecified atom stereocenters. The van der Waals surface area contributed by atoms with Crippen LogP contribution in [0.5, 0.6) is 0 Å². The molecular formula is C25H31F6N3O6. The fourth-order valence-corrected chi connectivity index (χ4v) is 4.27. The summed E-state index contributed by atoms with van der Waals surface area (Å²) < 4.78 is 75.5. The number of aliphatic carboxylic acids is 2. The number of carboxylic acids is 2. The fourth-order valence-electron chi connectivity index (χ4n) is 4.27.